The fraction of sp³-hybridized carbons (Fsp3) is 0.250. The highest BCUT2D eigenvalue weighted by molar-refractivity contribution is 5.98. The second kappa shape index (κ2) is 4.98. The second-order valence-electron chi connectivity index (χ2n) is 6.26. The Hall–Kier alpha value is -2.55. The van der Waals surface area contributed by atoms with Gasteiger partial charge in [-0.15, -0.1) is 0 Å². The van der Waals surface area contributed by atoms with Crippen LogP contribution in [-0.4, -0.2) is 6.61 Å². The Morgan fingerprint density at radius 3 is 2.57 bits per heavy atom. The topological polar surface area (TPSA) is 39.4 Å². The highest BCUT2D eigenvalue weighted by atomic mass is 16.5. The monoisotopic (exact) mass is 306 g/mol. The summed E-state index contributed by atoms with van der Waals surface area (Å²) in [6, 6.07) is 12.1. The average molecular weight is 306 g/mol. The van der Waals surface area contributed by atoms with Crippen LogP contribution in [-0.2, 0) is 0 Å². The third kappa shape index (κ3) is 2.00. The molecule has 1 aliphatic heterocycles. The number of fused-ring (bicyclic) bond motifs is 2. The van der Waals surface area contributed by atoms with Gasteiger partial charge in [-0.25, -0.2) is 4.79 Å². The zero-order valence-electron chi connectivity index (χ0n) is 13.5. The molecule has 4 rings (SSSR count). The third-order valence-electron chi connectivity index (χ3n) is 4.70. The molecule has 0 spiro atoms. The molecule has 116 valence electrons. The molecule has 3 aromatic rings. The third-order valence-corrected chi connectivity index (χ3v) is 4.70. The molecule has 23 heavy (non-hydrogen) atoms. The zero-order valence-corrected chi connectivity index (χ0v) is 13.5. The highest BCUT2D eigenvalue weighted by Crippen LogP contribution is 2.43. The molecule has 0 radical (unpaired) electrons. The molecule has 0 fully saturated rings. The van der Waals surface area contributed by atoms with Gasteiger partial charge in [-0.1, -0.05) is 37.3 Å². The normalized spacial score (nSPS) is 16.4. The van der Waals surface area contributed by atoms with Crippen LogP contribution in [0, 0.1) is 13.8 Å². The van der Waals surface area contributed by atoms with Gasteiger partial charge < -0.3 is 9.15 Å². The molecule has 0 N–H and O–H groups in total. The lowest BCUT2D eigenvalue weighted by Gasteiger charge is -2.13. The van der Waals surface area contributed by atoms with Crippen LogP contribution in [0.4, 0.5) is 0 Å². The van der Waals surface area contributed by atoms with Crippen molar-refractivity contribution in [3.05, 3.63) is 63.5 Å². The van der Waals surface area contributed by atoms with Gasteiger partial charge in [-0.3, -0.25) is 0 Å². The highest BCUT2D eigenvalue weighted by Gasteiger charge is 2.26. The van der Waals surface area contributed by atoms with E-state index >= 15 is 0 Å². The minimum atomic E-state index is -0.287. The molecule has 0 amide bonds. The summed E-state index contributed by atoms with van der Waals surface area (Å²) in [5.41, 5.74) is 5.10. The van der Waals surface area contributed by atoms with Gasteiger partial charge in [-0.05, 0) is 25.5 Å². The Labute approximate surface area is 134 Å². The lowest BCUT2D eigenvalue weighted by Crippen LogP contribution is -2.06. The molecule has 0 bridgehead atoms. The van der Waals surface area contributed by atoms with Crippen molar-refractivity contribution in [3.8, 4) is 16.9 Å². The van der Waals surface area contributed by atoms with Gasteiger partial charge in [0.15, 0.2) is 0 Å². The first-order valence-corrected chi connectivity index (χ1v) is 7.87. The van der Waals surface area contributed by atoms with Crippen molar-refractivity contribution in [1.29, 1.82) is 0 Å². The van der Waals surface area contributed by atoms with Crippen LogP contribution in [0.3, 0.4) is 0 Å². The summed E-state index contributed by atoms with van der Waals surface area (Å²) >= 11 is 0. The minimum Gasteiger partial charge on any atom is -0.492 e. The summed E-state index contributed by atoms with van der Waals surface area (Å²) in [6.45, 7) is 6.63. The number of rotatable bonds is 1. The van der Waals surface area contributed by atoms with Gasteiger partial charge in [0.05, 0.1) is 6.61 Å². The van der Waals surface area contributed by atoms with Gasteiger partial charge in [0.2, 0.25) is 0 Å². The van der Waals surface area contributed by atoms with Gasteiger partial charge in [0.1, 0.15) is 11.3 Å². The van der Waals surface area contributed by atoms with Crippen molar-refractivity contribution >= 4 is 11.0 Å². The molecule has 2 aromatic carbocycles. The number of hydrogen-bond donors (Lipinski definition) is 0. The van der Waals surface area contributed by atoms with Crippen LogP contribution >= 0.6 is 0 Å². The van der Waals surface area contributed by atoms with Crippen molar-refractivity contribution in [2.45, 2.75) is 26.7 Å². The predicted molar refractivity (Wildman–Crippen MR) is 91.3 cm³/mol. The number of benzene rings is 2. The van der Waals surface area contributed by atoms with Crippen molar-refractivity contribution in [3.63, 3.8) is 0 Å². The van der Waals surface area contributed by atoms with E-state index in [0.29, 0.717) is 23.7 Å². The lowest BCUT2D eigenvalue weighted by atomic mass is 9.92. The maximum atomic E-state index is 12.3. The molecular weight excluding hydrogens is 288 g/mol. The number of ether oxygens (including phenoxy) is 1. The van der Waals surface area contributed by atoms with E-state index in [4.69, 9.17) is 9.15 Å². The Bertz CT molecular complexity index is 968. The quantitative estimate of drug-likeness (QED) is 0.618. The van der Waals surface area contributed by atoms with E-state index in [9.17, 15) is 4.79 Å². The molecule has 0 aliphatic carbocycles. The van der Waals surface area contributed by atoms with E-state index in [1.807, 2.05) is 44.2 Å². The first-order chi connectivity index (χ1) is 11.1. The summed E-state index contributed by atoms with van der Waals surface area (Å²) in [7, 11) is 0. The summed E-state index contributed by atoms with van der Waals surface area (Å²) in [4.78, 5) is 12.3. The molecule has 1 unspecified atom stereocenters. The fourth-order valence-electron chi connectivity index (χ4n) is 3.43. The van der Waals surface area contributed by atoms with Crippen LogP contribution in [0.15, 0.2) is 45.6 Å². The summed E-state index contributed by atoms with van der Waals surface area (Å²) in [5.74, 6) is 1.22. The van der Waals surface area contributed by atoms with E-state index in [1.54, 1.807) is 0 Å². The van der Waals surface area contributed by atoms with E-state index in [0.717, 1.165) is 27.8 Å². The van der Waals surface area contributed by atoms with Crippen LogP contribution in [0.5, 0.6) is 5.75 Å². The van der Waals surface area contributed by atoms with Gasteiger partial charge in [0, 0.05) is 33.6 Å². The number of aryl methyl sites for hydroxylation is 1. The molecule has 0 saturated carbocycles. The molecular formula is C20H18O3. The fourth-order valence-corrected chi connectivity index (χ4v) is 3.43. The van der Waals surface area contributed by atoms with Crippen LogP contribution in [0.25, 0.3) is 22.1 Å². The average Bonchev–Trinajstić information content (AvgIpc) is 2.92. The Morgan fingerprint density at radius 2 is 1.83 bits per heavy atom. The van der Waals surface area contributed by atoms with Gasteiger partial charge in [0.25, 0.3) is 0 Å². The second-order valence-corrected chi connectivity index (χ2v) is 6.26. The van der Waals surface area contributed by atoms with E-state index in [2.05, 4.69) is 13.0 Å². The predicted octanol–water partition coefficient (Wildman–Crippen LogP) is 4.57. The lowest BCUT2D eigenvalue weighted by molar-refractivity contribution is 0.335. The van der Waals surface area contributed by atoms with Gasteiger partial charge in [-0.2, -0.15) is 0 Å². The molecule has 0 saturated heterocycles. The van der Waals surface area contributed by atoms with E-state index in [1.165, 1.54) is 5.56 Å². The first-order valence-electron chi connectivity index (χ1n) is 7.87. The van der Waals surface area contributed by atoms with Gasteiger partial charge >= 0.3 is 5.63 Å². The Kier molecular flexibility index (Phi) is 3.05. The molecule has 2 heterocycles. The smallest absolute Gasteiger partial charge is 0.339 e. The van der Waals surface area contributed by atoms with Crippen molar-refractivity contribution in [2.24, 2.45) is 0 Å². The SMILES string of the molecule is Cc1c(-c2ccccc2)c2cc3c(c(C)c2oc1=O)OCC3C. The standard InChI is InChI=1S/C20H18O3/c1-11-10-22-18-13(3)19-16(9-15(11)18)17(12(2)20(21)23-19)14-7-5-4-6-8-14/h4-9,11H,10H2,1-3H3. The molecule has 1 aromatic heterocycles. The maximum Gasteiger partial charge on any atom is 0.339 e. The van der Waals surface area contributed by atoms with Crippen molar-refractivity contribution in [1.82, 2.24) is 0 Å². The zero-order chi connectivity index (χ0) is 16.1. The molecule has 1 atom stereocenters. The first kappa shape index (κ1) is 14.1. The molecule has 1 aliphatic rings. The largest absolute Gasteiger partial charge is 0.492 e. The van der Waals surface area contributed by atoms with Crippen LogP contribution in [0.2, 0.25) is 0 Å². The maximum absolute atomic E-state index is 12.3. The van der Waals surface area contributed by atoms with E-state index < -0.39 is 0 Å². The minimum absolute atomic E-state index is 0.287. The molecule has 3 nitrogen and oxygen atoms in total. The Balaban J connectivity index is 2.17. The Morgan fingerprint density at radius 1 is 1.09 bits per heavy atom. The van der Waals surface area contributed by atoms with Crippen molar-refractivity contribution < 1.29 is 9.15 Å². The van der Waals surface area contributed by atoms with Crippen LogP contribution in [0.1, 0.15) is 29.5 Å². The van der Waals surface area contributed by atoms with E-state index in [-0.39, 0.29) is 5.63 Å². The summed E-state index contributed by atoms with van der Waals surface area (Å²) < 4.78 is 11.4. The number of hydrogen-bond acceptors (Lipinski definition) is 3. The molecule has 3 heteroatoms. The van der Waals surface area contributed by atoms with Crippen molar-refractivity contribution in [2.75, 3.05) is 6.61 Å². The summed E-state index contributed by atoms with van der Waals surface area (Å²) in [6.07, 6.45) is 0. The van der Waals surface area contributed by atoms with Crippen LogP contribution < -0.4 is 10.4 Å². The summed E-state index contributed by atoms with van der Waals surface area (Å²) in [5, 5.41) is 0.988.